The van der Waals surface area contributed by atoms with E-state index in [0.717, 1.165) is 23.1 Å². The third kappa shape index (κ3) is 3.13. The fraction of sp³-hybridized carbons (Fsp3) is 0.462. The third-order valence-electron chi connectivity index (χ3n) is 2.90. The van der Waals surface area contributed by atoms with Crippen molar-refractivity contribution in [3.63, 3.8) is 0 Å². The van der Waals surface area contributed by atoms with Gasteiger partial charge in [-0.2, -0.15) is 5.10 Å². The van der Waals surface area contributed by atoms with Crippen LogP contribution in [0.2, 0.25) is 4.34 Å². The number of aromatic nitrogens is 2. The van der Waals surface area contributed by atoms with Crippen LogP contribution in [0.15, 0.2) is 18.2 Å². The molecule has 0 radical (unpaired) electrons. The fourth-order valence-corrected chi connectivity index (χ4v) is 3.02. The highest BCUT2D eigenvalue weighted by Gasteiger charge is 2.09. The van der Waals surface area contributed by atoms with Gasteiger partial charge in [0.25, 0.3) is 0 Å². The molecule has 2 aromatic heterocycles. The molecule has 0 amide bonds. The monoisotopic (exact) mass is 283 g/mol. The van der Waals surface area contributed by atoms with Crippen LogP contribution in [0, 0.1) is 6.92 Å². The Labute approximate surface area is 117 Å². The summed E-state index contributed by atoms with van der Waals surface area (Å²) in [6.07, 6.45) is 0. The molecule has 0 bridgehead atoms. The van der Waals surface area contributed by atoms with Gasteiger partial charge in [0.2, 0.25) is 0 Å². The van der Waals surface area contributed by atoms with Gasteiger partial charge in [0, 0.05) is 24.0 Å². The van der Waals surface area contributed by atoms with E-state index in [0.29, 0.717) is 6.04 Å². The van der Waals surface area contributed by atoms with Gasteiger partial charge < -0.3 is 5.32 Å². The lowest BCUT2D eigenvalue weighted by molar-refractivity contribution is 0.535. The Hall–Kier alpha value is -0.840. The molecule has 5 heteroatoms. The van der Waals surface area contributed by atoms with Crippen LogP contribution in [0.3, 0.4) is 0 Å². The van der Waals surface area contributed by atoms with E-state index in [9.17, 15) is 0 Å². The standard InChI is InChI=1S/C13H18ClN3S/c1-4-17-11(7-9(2)16-17)8-15-10(3)12-5-6-13(14)18-12/h5-7,10,15H,4,8H2,1-3H3. The average molecular weight is 284 g/mol. The summed E-state index contributed by atoms with van der Waals surface area (Å²) in [4.78, 5) is 1.26. The van der Waals surface area contributed by atoms with Gasteiger partial charge in [0.05, 0.1) is 15.7 Å². The van der Waals surface area contributed by atoms with Gasteiger partial charge in [0.1, 0.15) is 0 Å². The van der Waals surface area contributed by atoms with E-state index in [2.05, 4.69) is 36.4 Å². The van der Waals surface area contributed by atoms with Crippen LogP contribution in [0.25, 0.3) is 0 Å². The molecule has 0 aliphatic rings. The van der Waals surface area contributed by atoms with Gasteiger partial charge in [-0.3, -0.25) is 4.68 Å². The first kappa shape index (κ1) is 13.6. The summed E-state index contributed by atoms with van der Waals surface area (Å²) in [5.41, 5.74) is 2.30. The Kier molecular flexibility index (Phi) is 4.43. The molecule has 18 heavy (non-hydrogen) atoms. The molecule has 2 rings (SSSR count). The molecule has 0 saturated carbocycles. The molecule has 1 atom stereocenters. The van der Waals surface area contributed by atoms with Crippen molar-refractivity contribution in [2.75, 3.05) is 0 Å². The molecule has 1 N–H and O–H groups in total. The van der Waals surface area contributed by atoms with E-state index in [4.69, 9.17) is 11.6 Å². The maximum absolute atomic E-state index is 5.95. The Bertz CT molecular complexity index is 518. The lowest BCUT2D eigenvalue weighted by Gasteiger charge is -2.12. The molecule has 0 aliphatic carbocycles. The van der Waals surface area contributed by atoms with E-state index in [-0.39, 0.29) is 0 Å². The van der Waals surface area contributed by atoms with Crippen LogP contribution in [-0.2, 0) is 13.1 Å². The molecule has 0 spiro atoms. The first-order valence-corrected chi connectivity index (χ1v) is 7.31. The molecule has 0 aromatic carbocycles. The first-order chi connectivity index (χ1) is 8.60. The number of nitrogens with one attached hydrogen (secondary N) is 1. The zero-order valence-corrected chi connectivity index (χ0v) is 12.5. The molecule has 2 heterocycles. The number of thiophene rings is 1. The lowest BCUT2D eigenvalue weighted by atomic mass is 10.2. The molecule has 2 aromatic rings. The van der Waals surface area contributed by atoms with E-state index < -0.39 is 0 Å². The number of nitrogens with zero attached hydrogens (tertiary/aromatic N) is 2. The van der Waals surface area contributed by atoms with Crippen LogP contribution in [0.1, 0.15) is 36.2 Å². The molecule has 0 saturated heterocycles. The molecular weight excluding hydrogens is 266 g/mol. The number of halogens is 1. The molecule has 98 valence electrons. The average Bonchev–Trinajstić information content (AvgIpc) is 2.92. The van der Waals surface area contributed by atoms with Crippen LogP contribution in [0.5, 0.6) is 0 Å². The van der Waals surface area contributed by atoms with Crippen molar-refractivity contribution >= 4 is 22.9 Å². The number of hydrogen-bond acceptors (Lipinski definition) is 3. The predicted molar refractivity (Wildman–Crippen MR) is 77.2 cm³/mol. The lowest BCUT2D eigenvalue weighted by Crippen LogP contribution is -2.19. The van der Waals surface area contributed by atoms with Gasteiger partial charge in [-0.25, -0.2) is 0 Å². The summed E-state index contributed by atoms with van der Waals surface area (Å²) in [5, 5.41) is 7.95. The van der Waals surface area contributed by atoms with Gasteiger partial charge in [-0.15, -0.1) is 11.3 Å². The second kappa shape index (κ2) is 5.87. The molecular formula is C13H18ClN3S. The first-order valence-electron chi connectivity index (χ1n) is 6.12. The summed E-state index contributed by atoms with van der Waals surface area (Å²) in [7, 11) is 0. The van der Waals surface area contributed by atoms with Gasteiger partial charge in [0.15, 0.2) is 0 Å². The van der Waals surface area contributed by atoms with Crippen molar-refractivity contribution in [1.29, 1.82) is 0 Å². The summed E-state index contributed by atoms with van der Waals surface area (Å²) < 4.78 is 2.88. The van der Waals surface area contributed by atoms with Gasteiger partial charge in [-0.1, -0.05) is 11.6 Å². The minimum atomic E-state index is 0.308. The van der Waals surface area contributed by atoms with Crippen molar-refractivity contribution in [2.45, 2.75) is 39.9 Å². The SMILES string of the molecule is CCn1nc(C)cc1CNC(C)c1ccc(Cl)s1. The Balaban J connectivity index is 1.98. The third-order valence-corrected chi connectivity index (χ3v) is 4.31. The Morgan fingerprint density at radius 2 is 2.28 bits per heavy atom. The molecule has 0 aliphatic heterocycles. The molecule has 0 fully saturated rings. The van der Waals surface area contributed by atoms with Crippen LogP contribution < -0.4 is 5.32 Å². The summed E-state index contributed by atoms with van der Waals surface area (Å²) >= 11 is 7.58. The number of hydrogen-bond donors (Lipinski definition) is 1. The second-order valence-corrected chi connectivity index (χ2v) is 6.08. The highest BCUT2D eigenvalue weighted by molar-refractivity contribution is 7.16. The minimum absolute atomic E-state index is 0.308. The number of rotatable bonds is 5. The predicted octanol–water partition coefficient (Wildman–Crippen LogP) is 3.78. The summed E-state index contributed by atoms with van der Waals surface area (Å²) in [6.45, 7) is 8.02. The van der Waals surface area contributed by atoms with Crippen molar-refractivity contribution in [2.24, 2.45) is 0 Å². The maximum Gasteiger partial charge on any atom is 0.0931 e. The van der Waals surface area contributed by atoms with Crippen LogP contribution in [0.4, 0.5) is 0 Å². The molecule has 1 unspecified atom stereocenters. The van der Waals surface area contributed by atoms with Gasteiger partial charge >= 0.3 is 0 Å². The smallest absolute Gasteiger partial charge is 0.0931 e. The maximum atomic E-state index is 5.95. The highest BCUT2D eigenvalue weighted by atomic mass is 35.5. The Morgan fingerprint density at radius 1 is 1.50 bits per heavy atom. The zero-order valence-electron chi connectivity index (χ0n) is 10.9. The minimum Gasteiger partial charge on any atom is -0.304 e. The van der Waals surface area contributed by atoms with Crippen molar-refractivity contribution in [1.82, 2.24) is 15.1 Å². The van der Waals surface area contributed by atoms with Crippen molar-refractivity contribution < 1.29 is 0 Å². The largest absolute Gasteiger partial charge is 0.304 e. The van der Waals surface area contributed by atoms with Crippen LogP contribution in [-0.4, -0.2) is 9.78 Å². The Morgan fingerprint density at radius 3 is 2.89 bits per heavy atom. The normalized spacial score (nSPS) is 12.9. The fourth-order valence-electron chi connectivity index (χ4n) is 1.93. The van der Waals surface area contributed by atoms with E-state index in [1.54, 1.807) is 11.3 Å². The highest BCUT2D eigenvalue weighted by Crippen LogP contribution is 2.26. The van der Waals surface area contributed by atoms with Gasteiger partial charge in [-0.05, 0) is 39.0 Å². The summed E-state index contributed by atoms with van der Waals surface area (Å²) in [6, 6.07) is 6.46. The number of aryl methyl sites for hydroxylation is 2. The van der Waals surface area contributed by atoms with Crippen molar-refractivity contribution in [3.05, 3.63) is 38.8 Å². The van der Waals surface area contributed by atoms with E-state index >= 15 is 0 Å². The molecule has 3 nitrogen and oxygen atoms in total. The van der Waals surface area contributed by atoms with E-state index in [1.165, 1.54) is 10.6 Å². The summed E-state index contributed by atoms with van der Waals surface area (Å²) in [5.74, 6) is 0. The van der Waals surface area contributed by atoms with Crippen LogP contribution >= 0.6 is 22.9 Å². The topological polar surface area (TPSA) is 29.9 Å². The quantitative estimate of drug-likeness (QED) is 0.905. The van der Waals surface area contributed by atoms with Crippen molar-refractivity contribution in [3.8, 4) is 0 Å². The second-order valence-electron chi connectivity index (χ2n) is 4.34. The van der Waals surface area contributed by atoms with E-state index in [1.807, 2.05) is 17.7 Å². The zero-order chi connectivity index (χ0) is 13.1.